The van der Waals surface area contributed by atoms with E-state index in [4.69, 9.17) is 11.6 Å². The number of nitrogens with one attached hydrogen (secondary N) is 3. The average Bonchev–Trinajstić information content (AvgIpc) is 3.29. The van der Waals surface area contributed by atoms with Crippen LogP contribution in [0.2, 0.25) is 5.02 Å². The Balaban J connectivity index is 1.45. The van der Waals surface area contributed by atoms with Crippen molar-refractivity contribution in [1.82, 2.24) is 30.4 Å². The summed E-state index contributed by atoms with van der Waals surface area (Å²) in [6, 6.07) is 2.18. The van der Waals surface area contributed by atoms with Gasteiger partial charge in [0.05, 0.1) is 10.7 Å². The van der Waals surface area contributed by atoms with E-state index < -0.39 is 24.2 Å². The molecule has 4 N–H and O–H groups in total. The van der Waals surface area contributed by atoms with Crippen LogP contribution in [0.1, 0.15) is 39.6 Å². The highest BCUT2D eigenvalue weighted by Crippen LogP contribution is 2.28. The Bertz CT molecular complexity index is 1140. The molecule has 0 radical (unpaired) electrons. The van der Waals surface area contributed by atoms with E-state index in [9.17, 15) is 19.5 Å². The molecule has 2 aromatic heterocycles. The summed E-state index contributed by atoms with van der Waals surface area (Å²) in [5.74, 6) is -1.05. The number of fused-ring (bicyclic) bond motifs is 1. The first kappa shape index (κ1) is 27.4. The molecule has 1 fully saturated rings. The predicted molar refractivity (Wildman–Crippen MR) is 140 cm³/mol. The number of rotatable bonds is 7. The molecule has 200 valence electrons. The number of hydrogen-bond donors (Lipinski definition) is 4. The number of carbonyl (C=O) groups is 3. The molecule has 1 saturated carbocycles. The number of amides is 3. The smallest absolute Gasteiger partial charge is 0.280 e. The van der Waals surface area contributed by atoms with Gasteiger partial charge in [0.15, 0.2) is 11.2 Å². The number of aliphatic hydroxyl groups excluding tert-OH is 1. The summed E-state index contributed by atoms with van der Waals surface area (Å²) in [7, 11) is 5.44. The molecule has 4 rings (SSSR count). The second-order valence-electron chi connectivity index (χ2n) is 9.73. The molecule has 3 heterocycles. The fourth-order valence-corrected chi connectivity index (χ4v) is 5.90. The van der Waals surface area contributed by atoms with Crippen molar-refractivity contribution in [2.45, 2.75) is 50.5 Å². The molecular formula is C24H32ClN7O4S. The van der Waals surface area contributed by atoms with Crippen molar-refractivity contribution in [3.63, 3.8) is 0 Å². The molecule has 37 heavy (non-hydrogen) atoms. The molecule has 11 nitrogen and oxygen atoms in total. The molecule has 2 aromatic rings. The fraction of sp³-hybridized carbons (Fsp3) is 0.542. The Hall–Kier alpha value is -2.64. The van der Waals surface area contributed by atoms with Crippen molar-refractivity contribution in [1.29, 1.82) is 0 Å². The summed E-state index contributed by atoms with van der Waals surface area (Å²) >= 11 is 7.21. The Kier molecular flexibility index (Phi) is 8.75. The molecule has 2 unspecified atom stereocenters. The lowest BCUT2D eigenvalue weighted by molar-refractivity contribution is -0.135. The van der Waals surface area contributed by atoms with Gasteiger partial charge in [0.1, 0.15) is 5.82 Å². The van der Waals surface area contributed by atoms with Crippen LogP contribution in [0.4, 0.5) is 5.82 Å². The van der Waals surface area contributed by atoms with Crippen LogP contribution in [0.15, 0.2) is 18.3 Å². The average molecular weight is 550 g/mol. The molecule has 0 spiro atoms. The van der Waals surface area contributed by atoms with E-state index in [2.05, 4.69) is 30.8 Å². The van der Waals surface area contributed by atoms with Crippen LogP contribution < -0.4 is 16.0 Å². The van der Waals surface area contributed by atoms with Crippen LogP contribution in [0.5, 0.6) is 0 Å². The topological polar surface area (TPSA) is 140 Å². The Morgan fingerprint density at radius 3 is 2.73 bits per heavy atom. The number of carbonyl (C=O) groups excluding carboxylic acids is 3. The van der Waals surface area contributed by atoms with Gasteiger partial charge in [-0.15, -0.1) is 11.3 Å². The summed E-state index contributed by atoms with van der Waals surface area (Å²) in [5, 5.41) is 19.9. The number of aromatic nitrogens is 2. The van der Waals surface area contributed by atoms with Crippen molar-refractivity contribution < 1.29 is 19.5 Å². The van der Waals surface area contributed by atoms with Gasteiger partial charge in [0, 0.05) is 62.7 Å². The van der Waals surface area contributed by atoms with Crippen molar-refractivity contribution in [3.05, 3.63) is 38.9 Å². The number of likely N-dealkylation sites (N-methyl/N-ethyl adjacent to an activating group) is 1. The zero-order valence-electron chi connectivity index (χ0n) is 21.0. The summed E-state index contributed by atoms with van der Waals surface area (Å²) < 4.78 is 0. The quantitative estimate of drug-likeness (QED) is 0.376. The van der Waals surface area contributed by atoms with Crippen LogP contribution >= 0.6 is 22.9 Å². The van der Waals surface area contributed by atoms with Gasteiger partial charge < -0.3 is 25.5 Å². The van der Waals surface area contributed by atoms with E-state index in [0.717, 1.165) is 30.1 Å². The lowest BCUT2D eigenvalue weighted by atomic mass is 9.81. The predicted octanol–water partition coefficient (Wildman–Crippen LogP) is 1.08. The highest BCUT2D eigenvalue weighted by Gasteiger charge is 2.37. The molecule has 0 aromatic carbocycles. The highest BCUT2D eigenvalue weighted by molar-refractivity contribution is 7.13. The van der Waals surface area contributed by atoms with Gasteiger partial charge in [0.2, 0.25) is 5.91 Å². The molecule has 2 aliphatic rings. The van der Waals surface area contributed by atoms with E-state index >= 15 is 0 Å². The van der Waals surface area contributed by atoms with Crippen LogP contribution in [0.3, 0.4) is 0 Å². The molecule has 0 saturated heterocycles. The first-order valence-electron chi connectivity index (χ1n) is 12.2. The number of aliphatic hydroxyl groups is 1. The molecule has 4 atom stereocenters. The number of thiazole rings is 1. The van der Waals surface area contributed by atoms with Gasteiger partial charge in [-0.3, -0.25) is 19.7 Å². The van der Waals surface area contributed by atoms with Gasteiger partial charge in [0.25, 0.3) is 11.8 Å². The van der Waals surface area contributed by atoms with Gasteiger partial charge in [-0.2, -0.15) is 0 Å². The second-order valence-corrected chi connectivity index (χ2v) is 11.2. The van der Waals surface area contributed by atoms with E-state index in [1.807, 2.05) is 7.05 Å². The minimum atomic E-state index is -1.55. The zero-order valence-corrected chi connectivity index (χ0v) is 22.6. The summed E-state index contributed by atoms with van der Waals surface area (Å²) in [5.41, 5.74) is 0.954. The zero-order chi connectivity index (χ0) is 26.7. The largest absolute Gasteiger partial charge is 0.370 e. The third-order valence-corrected chi connectivity index (χ3v) is 7.98. The molecule has 1 aliphatic carbocycles. The Morgan fingerprint density at radius 1 is 1.24 bits per heavy atom. The Morgan fingerprint density at radius 2 is 2.03 bits per heavy atom. The number of anilines is 1. The number of halogens is 1. The van der Waals surface area contributed by atoms with Gasteiger partial charge in [-0.25, -0.2) is 9.97 Å². The normalized spacial score (nSPS) is 22.6. The standard InChI is InChI=1S/C24H32ClN7O4S/c1-31(2)24(36)13-4-6-15(27-20(33)21(34)30-19-7-5-14(25)11-26-19)17(10-13)28-22(35)23-29-16-8-9-32(3)12-18(16)37-23/h5,7,11,13,15,17,20,27,33H,4,6,8-10,12H2,1-3H3,(H,28,35)(H,26,30,34)/t13?,15-,17+,20?/m0/s1. The monoisotopic (exact) mass is 549 g/mol. The van der Waals surface area contributed by atoms with Crippen molar-refractivity contribution in [2.75, 3.05) is 33.0 Å². The van der Waals surface area contributed by atoms with E-state index in [1.165, 1.54) is 23.6 Å². The first-order chi connectivity index (χ1) is 17.6. The summed E-state index contributed by atoms with van der Waals surface area (Å²) in [4.78, 5) is 51.8. The van der Waals surface area contributed by atoms with Gasteiger partial charge in [-0.1, -0.05) is 11.6 Å². The number of nitrogens with zero attached hydrogens (tertiary/aromatic N) is 4. The molecular weight excluding hydrogens is 518 g/mol. The lowest BCUT2D eigenvalue weighted by Crippen LogP contribution is -2.58. The first-order valence-corrected chi connectivity index (χ1v) is 13.4. The lowest BCUT2D eigenvalue weighted by Gasteiger charge is -2.38. The fourth-order valence-electron chi connectivity index (χ4n) is 4.69. The second kappa shape index (κ2) is 11.8. The maximum Gasteiger partial charge on any atom is 0.280 e. The SMILES string of the molecule is CN1CCc2nc(C(=O)N[C@@H]3CC(C(=O)N(C)C)CC[C@@H]3NC(O)C(=O)Nc3ccc(Cl)cn3)sc2C1. The molecule has 3 amide bonds. The van der Waals surface area contributed by atoms with Gasteiger partial charge >= 0.3 is 0 Å². The van der Waals surface area contributed by atoms with Crippen LogP contribution in [-0.2, 0) is 22.6 Å². The maximum absolute atomic E-state index is 13.2. The third kappa shape index (κ3) is 6.82. The van der Waals surface area contributed by atoms with E-state index in [0.29, 0.717) is 29.3 Å². The Labute approximate surface area is 224 Å². The number of hydrogen-bond acceptors (Lipinski definition) is 9. The highest BCUT2D eigenvalue weighted by atomic mass is 35.5. The van der Waals surface area contributed by atoms with Crippen molar-refractivity contribution >= 4 is 46.5 Å². The maximum atomic E-state index is 13.2. The molecule has 0 bridgehead atoms. The summed E-state index contributed by atoms with van der Waals surface area (Å²) in [6.07, 6.45) is 2.06. The summed E-state index contributed by atoms with van der Waals surface area (Å²) in [6.45, 7) is 1.66. The molecule has 1 aliphatic heterocycles. The van der Waals surface area contributed by atoms with Crippen LogP contribution in [0.25, 0.3) is 0 Å². The third-order valence-electron chi connectivity index (χ3n) is 6.67. The van der Waals surface area contributed by atoms with E-state index in [1.54, 1.807) is 25.1 Å². The van der Waals surface area contributed by atoms with Crippen molar-refractivity contribution in [3.8, 4) is 0 Å². The van der Waals surface area contributed by atoms with Crippen molar-refractivity contribution in [2.24, 2.45) is 5.92 Å². The minimum absolute atomic E-state index is 0.0162. The van der Waals surface area contributed by atoms with E-state index in [-0.39, 0.29) is 23.6 Å². The van der Waals surface area contributed by atoms with Gasteiger partial charge in [-0.05, 0) is 38.4 Å². The van der Waals surface area contributed by atoms with Crippen LogP contribution in [-0.4, -0.2) is 88.6 Å². The minimum Gasteiger partial charge on any atom is -0.370 e. The van der Waals surface area contributed by atoms with Crippen LogP contribution in [0, 0.1) is 5.92 Å². The molecule has 13 heteroatoms. The number of pyridine rings is 1.